The molecule has 0 fully saturated rings. The second-order valence-corrected chi connectivity index (χ2v) is 7.05. The molecule has 0 heterocycles. The van der Waals surface area contributed by atoms with Crippen molar-refractivity contribution in [3.63, 3.8) is 0 Å². The first kappa shape index (κ1) is 13.7. The highest BCUT2D eigenvalue weighted by Gasteiger charge is 2.25. The molecule has 0 amide bonds. The molecule has 5 heteroatoms. The lowest BCUT2D eigenvalue weighted by Gasteiger charge is -2.17. The minimum atomic E-state index is -1.33. The topological polar surface area (TPSA) is 35.4 Å². The van der Waals surface area contributed by atoms with Crippen LogP contribution in [0.3, 0.4) is 0 Å². The molecule has 0 radical (unpaired) electrons. The van der Waals surface area contributed by atoms with Gasteiger partial charge < -0.3 is 4.55 Å². The zero-order valence-electron chi connectivity index (χ0n) is 9.33. The lowest BCUT2D eigenvalue weighted by atomic mass is 10.2. The highest BCUT2D eigenvalue weighted by atomic mass is 79.9. The van der Waals surface area contributed by atoms with Gasteiger partial charge in [-0.3, -0.25) is 0 Å². The predicted octanol–water partition coefficient (Wildman–Crippen LogP) is 3.47. The molecule has 2 nitrogen and oxygen atoms in total. The number of benzene rings is 1. The molecule has 1 aromatic carbocycles. The summed E-state index contributed by atoms with van der Waals surface area (Å²) in [4.78, 5) is 0. The summed E-state index contributed by atoms with van der Waals surface area (Å²) < 4.78 is 28.8. The van der Waals surface area contributed by atoms with Crippen molar-refractivity contribution in [2.45, 2.75) is 25.5 Å². The van der Waals surface area contributed by atoms with Crippen molar-refractivity contribution in [3.05, 3.63) is 34.1 Å². The molecule has 16 heavy (non-hydrogen) atoms. The van der Waals surface area contributed by atoms with Crippen molar-refractivity contribution >= 4 is 33.5 Å². The van der Waals surface area contributed by atoms with Crippen LogP contribution in [-0.4, -0.2) is 15.5 Å². The molecule has 1 aromatic rings. The Morgan fingerprint density at radius 2 is 2.06 bits per heavy atom. The number of rotatable bonds is 2. The van der Waals surface area contributed by atoms with Gasteiger partial charge in [-0.1, -0.05) is 20.3 Å². The Kier molecular flexibility index (Phi) is 4.52. The van der Waals surface area contributed by atoms with Crippen molar-refractivity contribution in [1.82, 2.24) is 0 Å². The van der Waals surface area contributed by atoms with E-state index in [1.165, 1.54) is 18.3 Å². The number of nitrogens with zero attached hydrogens (tertiary/aromatic N) is 1. The number of halogens is 2. The van der Waals surface area contributed by atoms with Crippen molar-refractivity contribution in [1.29, 1.82) is 0 Å². The Morgan fingerprint density at radius 1 is 1.44 bits per heavy atom. The van der Waals surface area contributed by atoms with Crippen LogP contribution in [0.5, 0.6) is 0 Å². The van der Waals surface area contributed by atoms with Gasteiger partial charge in [0, 0.05) is 10.0 Å². The van der Waals surface area contributed by atoms with Crippen molar-refractivity contribution in [3.8, 4) is 0 Å². The van der Waals surface area contributed by atoms with E-state index >= 15 is 0 Å². The smallest absolute Gasteiger partial charge is 0.144 e. The van der Waals surface area contributed by atoms with Crippen molar-refractivity contribution in [2.24, 2.45) is 4.40 Å². The highest BCUT2D eigenvalue weighted by molar-refractivity contribution is 9.10. The van der Waals surface area contributed by atoms with Gasteiger partial charge in [0.2, 0.25) is 0 Å². The zero-order valence-corrected chi connectivity index (χ0v) is 11.7. The summed E-state index contributed by atoms with van der Waals surface area (Å²) in [6.07, 6.45) is 1.43. The normalized spacial score (nSPS) is 14.4. The third-order valence-corrected chi connectivity index (χ3v) is 3.84. The van der Waals surface area contributed by atoms with Gasteiger partial charge >= 0.3 is 0 Å². The van der Waals surface area contributed by atoms with E-state index in [0.717, 1.165) is 4.47 Å². The Labute approximate surface area is 106 Å². The minimum Gasteiger partial charge on any atom is -0.591 e. The summed E-state index contributed by atoms with van der Waals surface area (Å²) in [6, 6.07) is 4.28. The molecule has 0 saturated carbocycles. The fourth-order valence-corrected chi connectivity index (χ4v) is 1.75. The van der Waals surface area contributed by atoms with Crippen LogP contribution in [0.25, 0.3) is 0 Å². The molecule has 0 bridgehead atoms. The van der Waals surface area contributed by atoms with Crippen molar-refractivity contribution in [2.75, 3.05) is 0 Å². The second-order valence-electron chi connectivity index (χ2n) is 4.26. The molecule has 0 N–H and O–H groups in total. The number of hydrogen-bond donors (Lipinski definition) is 0. The molecule has 0 saturated heterocycles. The van der Waals surface area contributed by atoms with Crippen LogP contribution in [0, 0.1) is 5.82 Å². The molecular formula is C11H13BrFNOS. The van der Waals surface area contributed by atoms with E-state index in [4.69, 9.17) is 0 Å². The molecule has 0 aliphatic carbocycles. The minimum absolute atomic E-state index is 0.341. The van der Waals surface area contributed by atoms with Gasteiger partial charge in [0.25, 0.3) is 0 Å². The van der Waals surface area contributed by atoms with Crippen LogP contribution in [0.1, 0.15) is 26.3 Å². The van der Waals surface area contributed by atoms with Gasteiger partial charge in [0.15, 0.2) is 0 Å². The lowest BCUT2D eigenvalue weighted by Crippen LogP contribution is -2.25. The molecule has 0 aliphatic rings. The average molecular weight is 306 g/mol. The molecule has 0 aliphatic heterocycles. The fourth-order valence-electron chi connectivity index (χ4n) is 0.876. The first-order valence-corrected chi connectivity index (χ1v) is 6.62. The predicted molar refractivity (Wildman–Crippen MR) is 69.6 cm³/mol. The van der Waals surface area contributed by atoms with Gasteiger partial charge in [-0.25, -0.2) is 4.39 Å². The Bertz CT molecular complexity index is 403. The molecule has 0 unspecified atom stereocenters. The van der Waals surface area contributed by atoms with E-state index in [9.17, 15) is 8.94 Å². The lowest BCUT2D eigenvalue weighted by molar-refractivity contribution is 0.562. The van der Waals surface area contributed by atoms with Crippen molar-refractivity contribution < 1.29 is 8.94 Å². The quantitative estimate of drug-likeness (QED) is 0.608. The van der Waals surface area contributed by atoms with Gasteiger partial charge in [0.05, 0.1) is 6.21 Å². The summed E-state index contributed by atoms with van der Waals surface area (Å²) >= 11 is 1.95. The Morgan fingerprint density at radius 3 is 2.62 bits per heavy atom. The third-order valence-electron chi connectivity index (χ3n) is 1.77. The summed E-state index contributed by atoms with van der Waals surface area (Å²) in [5.74, 6) is -0.341. The van der Waals surface area contributed by atoms with Crippen LogP contribution in [0.2, 0.25) is 0 Å². The first-order valence-electron chi connectivity index (χ1n) is 4.72. The van der Waals surface area contributed by atoms with Gasteiger partial charge in [-0.15, -0.1) is 0 Å². The second kappa shape index (κ2) is 5.29. The van der Waals surface area contributed by atoms with Crippen LogP contribution in [0.4, 0.5) is 4.39 Å². The fraction of sp³-hybridized carbons (Fsp3) is 0.364. The van der Waals surface area contributed by atoms with E-state index in [1.54, 1.807) is 6.07 Å². The molecule has 0 aromatic heterocycles. The van der Waals surface area contributed by atoms with E-state index in [0.29, 0.717) is 5.56 Å². The molecule has 1 atom stereocenters. The maximum atomic E-state index is 12.9. The molecule has 0 spiro atoms. The number of hydrogen-bond acceptors (Lipinski definition) is 2. The van der Waals surface area contributed by atoms with E-state index in [1.807, 2.05) is 20.8 Å². The summed E-state index contributed by atoms with van der Waals surface area (Å²) in [6.45, 7) is 5.50. The molecule has 1 rings (SSSR count). The van der Waals surface area contributed by atoms with Crippen LogP contribution >= 0.6 is 15.9 Å². The van der Waals surface area contributed by atoms with Gasteiger partial charge in [-0.05, 0) is 39.0 Å². The summed E-state index contributed by atoms with van der Waals surface area (Å²) in [5, 5.41) is 0. The van der Waals surface area contributed by atoms with Crippen LogP contribution in [-0.2, 0) is 11.4 Å². The van der Waals surface area contributed by atoms with E-state index in [2.05, 4.69) is 20.3 Å². The third kappa shape index (κ3) is 3.88. The summed E-state index contributed by atoms with van der Waals surface area (Å²) in [7, 11) is 0. The van der Waals surface area contributed by atoms with Crippen LogP contribution in [0.15, 0.2) is 27.1 Å². The standard InChI is InChI=1S/C11H13BrFNOS/c1-11(2,3)16(15)14-7-8-6-9(13)4-5-10(8)12/h4-7H,1-3H3/b14-7+/t16-/m0/s1. The van der Waals surface area contributed by atoms with E-state index < -0.39 is 16.1 Å². The summed E-state index contributed by atoms with van der Waals surface area (Å²) in [5.41, 5.74) is 0.581. The maximum Gasteiger partial charge on any atom is 0.144 e. The zero-order chi connectivity index (χ0) is 12.3. The molecule has 88 valence electrons. The van der Waals surface area contributed by atoms with E-state index in [-0.39, 0.29) is 5.82 Å². The van der Waals surface area contributed by atoms with Gasteiger partial charge in [0.1, 0.15) is 21.9 Å². The SMILES string of the molecule is CC(C)(C)[S@+]([O-])/N=C/c1cc(F)ccc1Br. The van der Waals surface area contributed by atoms with Crippen LogP contribution < -0.4 is 0 Å². The maximum absolute atomic E-state index is 12.9. The average Bonchev–Trinajstić information content (AvgIpc) is 2.17. The molecular weight excluding hydrogens is 293 g/mol. The Balaban J connectivity index is 2.88. The van der Waals surface area contributed by atoms with Gasteiger partial charge in [-0.2, -0.15) is 0 Å². The largest absolute Gasteiger partial charge is 0.591 e. The first-order chi connectivity index (χ1) is 7.30. The monoisotopic (exact) mass is 305 g/mol. The Hall–Kier alpha value is -0.390. The highest BCUT2D eigenvalue weighted by Crippen LogP contribution is 2.19.